The zero-order valence-electron chi connectivity index (χ0n) is 13.2. The molecule has 2 aromatic rings. The Hall–Kier alpha value is -3.22. The lowest BCUT2D eigenvalue weighted by Crippen LogP contribution is -2.20. The Morgan fingerprint density at radius 1 is 1.08 bits per heavy atom. The normalized spacial score (nSPS) is 10.4. The Kier molecular flexibility index (Phi) is 6.46. The summed E-state index contributed by atoms with van der Waals surface area (Å²) < 4.78 is 5.04. The van der Waals surface area contributed by atoms with Crippen LogP contribution in [0.25, 0.3) is 0 Å². The van der Waals surface area contributed by atoms with Crippen LogP contribution in [0.15, 0.2) is 53.9 Å². The molecule has 7 nitrogen and oxygen atoms in total. The molecule has 0 fully saturated rings. The van der Waals surface area contributed by atoms with Gasteiger partial charge in [0.05, 0.1) is 13.3 Å². The first kappa shape index (κ1) is 17.1. The molecule has 2 amide bonds. The third-order valence-electron chi connectivity index (χ3n) is 3.06. The highest BCUT2D eigenvalue weighted by Gasteiger charge is 2.06. The zero-order chi connectivity index (χ0) is 17.2. The standard InChI is InChI=1S/C17H18N4O3/c1-24-15-4-2-14(3-5-15)20-16(22)6-7-17(23)21-19-12-13-8-10-18-11-9-13/h2-5,8-12H,6-7H2,1H3,(H,20,22)(H,21,23)/b19-12-. The molecule has 0 atom stereocenters. The van der Waals surface area contributed by atoms with Gasteiger partial charge in [0.2, 0.25) is 11.8 Å². The first-order valence-electron chi connectivity index (χ1n) is 7.33. The van der Waals surface area contributed by atoms with E-state index in [1.807, 2.05) is 0 Å². The number of aromatic nitrogens is 1. The Morgan fingerprint density at radius 3 is 2.42 bits per heavy atom. The van der Waals surface area contributed by atoms with Crippen molar-refractivity contribution in [2.45, 2.75) is 12.8 Å². The summed E-state index contributed by atoms with van der Waals surface area (Å²) in [5.74, 6) is 0.137. The number of hydrogen-bond donors (Lipinski definition) is 2. The second-order valence-electron chi connectivity index (χ2n) is 4.85. The number of methoxy groups -OCH3 is 1. The first-order valence-corrected chi connectivity index (χ1v) is 7.33. The lowest BCUT2D eigenvalue weighted by molar-refractivity contribution is -0.124. The van der Waals surface area contributed by atoms with Crippen molar-refractivity contribution in [2.24, 2.45) is 5.10 Å². The van der Waals surface area contributed by atoms with Crippen LogP contribution in [0.3, 0.4) is 0 Å². The number of carbonyl (C=O) groups excluding carboxylic acids is 2. The number of amides is 2. The molecular formula is C17H18N4O3. The van der Waals surface area contributed by atoms with E-state index in [4.69, 9.17) is 4.74 Å². The van der Waals surface area contributed by atoms with E-state index in [9.17, 15) is 9.59 Å². The van der Waals surface area contributed by atoms with Crippen LogP contribution in [0, 0.1) is 0 Å². The van der Waals surface area contributed by atoms with Gasteiger partial charge in [-0.05, 0) is 42.0 Å². The number of ether oxygens (including phenoxy) is 1. The number of rotatable bonds is 7. The van der Waals surface area contributed by atoms with Crippen molar-refractivity contribution in [3.05, 3.63) is 54.4 Å². The van der Waals surface area contributed by atoms with Crippen LogP contribution in [-0.4, -0.2) is 30.1 Å². The van der Waals surface area contributed by atoms with Crippen molar-refractivity contribution in [2.75, 3.05) is 12.4 Å². The van der Waals surface area contributed by atoms with E-state index in [1.165, 1.54) is 6.21 Å². The zero-order valence-corrected chi connectivity index (χ0v) is 13.2. The molecule has 0 spiro atoms. The first-order chi connectivity index (χ1) is 11.7. The van der Waals surface area contributed by atoms with Gasteiger partial charge in [0, 0.05) is 30.9 Å². The molecule has 124 valence electrons. The predicted molar refractivity (Wildman–Crippen MR) is 90.8 cm³/mol. The SMILES string of the molecule is COc1ccc(NC(=O)CCC(=O)N/N=C\c2ccncc2)cc1. The molecule has 0 unspecified atom stereocenters. The van der Waals surface area contributed by atoms with Crippen LogP contribution < -0.4 is 15.5 Å². The molecule has 2 N–H and O–H groups in total. The highest BCUT2D eigenvalue weighted by molar-refractivity contribution is 5.93. The maximum absolute atomic E-state index is 11.8. The molecule has 2 rings (SSSR count). The summed E-state index contributed by atoms with van der Waals surface area (Å²) >= 11 is 0. The monoisotopic (exact) mass is 326 g/mol. The van der Waals surface area contributed by atoms with Gasteiger partial charge in [-0.25, -0.2) is 5.43 Å². The number of anilines is 1. The molecule has 1 aromatic carbocycles. The van der Waals surface area contributed by atoms with Crippen molar-refractivity contribution in [3.63, 3.8) is 0 Å². The summed E-state index contributed by atoms with van der Waals surface area (Å²) in [5, 5.41) is 6.54. The van der Waals surface area contributed by atoms with Crippen LogP contribution in [0.4, 0.5) is 5.69 Å². The van der Waals surface area contributed by atoms with Crippen molar-refractivity contribution in [1.29, 1.82) is 0 Å². The van der Waals surface area contributed by atoms with Crippen LogP contribution >= 0.6 is 0 Å². The number of carbonyl (C=O) groups is 2. The third kappa shape index (κ3) is 5.88. The summed E-state index contributed by atoms with van der Waals surface area (Å²) in [6, 6.07) is 10.5. The summed E-state index contributed by atoms with van der Waals surface area (Å²) in [6.07, 6.45) is 4.90. The van der Waals surface area contributed by atoms with Gasteiger partial charge >= 0.3 is 0 Å². The van der Waals surface area contributed by atoms with E-state index in [2.05, 4.69) is 20.8 Å². The third-order valence-corrected chi connectivity index (χ3v) is 3.06. The highest BCUT2D eigenvalue weighted by atomic mass is 16.5. The summed E-state index contributed by atoms with van der Waals surface area (Å²) in [6.45, 7) is 0. The van der Waals surface area contributed by atoms with Gasteiger partial charge in [-0.2, -0.15) is 5.10 Å². The molecule has 7 heteroatoms. The number of hydrogen-bond acceptors (Lipinski definition) is 5. The Balaban J connectivity index is 1.70. The van der Waals surface area contributed by atoms with Gasteiger partial charge in [-0.15, -0.1) is 0 Å². The minimum Gasteiger partial charge on any atom is -0.497 e. The maximum Gasteiger partial charge on any atom is 0.240 e. The van der Waals surface area contributed by atoms with Crippen LogP contribution in [0.5, 0.6) is 5.75 Å². The number of nitrogens with one attached hydrogen (secondary N) is 2. The summed E-state index contributed by atoms with van der Waals surface area (Å²) in [5.41, 5.74) is 3.85. The van der Waals surface area contributed by atoms with Gasteiger partial charge in [-0.1, -0.05) is 0 Å². The van der Waals surface area contributed by atoms with Gasteiger partial charge < -0.3 is 10.1 Å². The van der Waals surface area contributed by atoms with Gasteiger partial charge in [0.25, 0.3) is 0 Å². The van der Waals surface area contributed by atoms with E-state index in [0.717, 1.165) is 5.56 Å². The lowest BCUT2D eigenvalue weighted by atomic mass is 10.2. The molecular weight excluding hydrogens is 308 g/mol. The molecule has 0 aliphatic heterocycles. The van der Waals surface area contributed by atoms with Gasteiger partial charge in [0.15, 0.2) is 0 Å². The fraction of sp³-hybridized carbons (Fsp3) is 0.176. The number of benzene rings is 1. The molecule has 0 aliphatic rings. The minimum absolute atomic E-state index is 0.0513. The van der Waals surface area contributed by atoms with Gasteiger partial charge in [0.1, 0.15) is 5.75 Å². The van der Waals surface area contributed by atoms with E-state index in [-0.39, 0.29) is 24.7 Å². The topological polar surface area (TPSA) is 92.7 Å². The smallest absolute Gasteiger partial charge is 0.240 e. The Labute approximate surface area is 139 Å². The fourth-order valence-corrected chi connectivity index (χ4v) is 1.81. The number of hydrazone groups is 1. The highest BCUT2D eigenvalue weighted by Crippen LogP contribution is 2.15. The molecule has 0 radical (unpaired) electrons. The van der Waals surface area contributed by atoms with E-state index in [0.29, 0.717) is 11.4 Å². The van der Waals surface area contributed by atoms with Crippen LogP contribution in [0.2, 0.25) is 0 Å². The predicted octanol–water partition coefficient (Wildman–Crippen LogP) is 1.96. The minimum atomic E-state index is -0.329. The molecule has 0 bridgehead atoms. The van der Waals surface area contributed by atoms with Crippen molar-refractivity contribution < 1.29 is 14.3 Å². The van der Waals surface area contributed by atoms with E-state index in [1.54, 1.807) is 55.9 Å². The Morgan fingerprint density at radius 2 is 1.75 bits per heavy atom. The fourth-order valence-electron chi connectivity index (χ4n) is 1.81. The summed E-state index contributed by atoms with van der Waals surface area (Å²) in [4.78, 5) is 27.3. The quantitative estimate of drug-likeness (QED) is 0.601. The van der Waals surface area contributed by atoms with Crippen molar-refractivity contribution in [3.8, 4) is 5.75 Å². The molecule has 1 heterocycles. The van der Waals surface area contributed by atoms with Crippen LogP contribution in [-0.2, 0) is 9.59 Å². The number of pyridine rings is 1. The van der Waals surface area contributed by atoms with E-state index >= 15 is 0 Å². The van der Waals surface area contributed by atoms with E-state index < -0.39 is 0 Å². The second kappa shape index (κ2) is 9.04. The lowest BCUT2D eigenvalue weighted by Gasteiger charge is -2.06. The van der Waals surface area contributed by atoms with Crippen molar-refractivity contribution >= 4 is 23.7 Å². The molecule has 0 saturated carbocycles. The molecule has 0 aliphatic carbocycles. The maximum atomic E-state index is 11.8. The Bertz CT molecular complexity index is 700. The van der Waals surface area contributed by atoms with Gasteiger partial charge in [-0.3, -0.25) is 14.6 Å². The summed E-state index contributed by atoms with van der Waals surface area (Å²) in [7, 11) is 1.57. The van der Waals surface area contributed by atoms with Crippen molar-refractivity contribution in [1.82, 2.24) is 10.4 Å². The second-order valence-corrected chi connectivity index (χ2v) is 4.85. The molecule has 1 aromatic heterocycles. The average molecular weight is 326 g/mol. The molecule has 0 saturated heterocycles. The molecule has 24 heavy (non-hydrogen) atoms. The number of nitrogens with zero attached hydrogens (tertiary/aromatic N) is 2. The average Bonchev–Trinajstić information content (AvgIpc) is 2.61. The van der Waals surface area contributed by atoms with Crippen LogP contribution in [0.1, 0.15) is 18.4 Å². The largest absolute Gasteiger partial charge is 0.497 e.